The Labute approximate surface area is 138 Å². The molecule has 1 aromatic rings. The van der Waals surface area contributed by atoms with Crippen LogP contribution >= 0.6 is 15.9 Å². The van der Waals surface area contributed by atoms with Gasteiger partial charge in [-0.05, 0) is 41.6 Å². The van der Waals surface area contributed by atoms with Crippen LogP contribution in [0.2, 0.25) is 0 Å². The van der Waals surface area contributed by atoms with Crippen LogP contribution in [0.1, 0.15) is 25.7 Å². The molecular weight excluding hydrogens is 381 g/mol. The minimum atomic E-state index is -4.86. The van der Waals surface area contributed by atoms with Crippen LogP contribution in [-0.4, -0.2) is 28.8 Å². The molecule has 0 atom stereocenters. The Morgan fingerprint density at radius 1 is 1.35 bits per heavy atom. The summed E-state index contributed by atoms with van der Waals surface area (Å²) >= 11 is 3.31. The topological polar surface area (TPSA) is 60.3 Å². The minimum Gasteiger partial charge on any atom is -0.489 e. The number of alkyl halides is 3. The molecule has 23 heavy (non-hydrogen) atoms. The first-order valence-electron chi connectivity index (χ1n) is 7.07. The van der Waals surface area contributed by atoms with Crippen LogP contribution in [0.4, 0.5) is 13.2 Å². The van der Waals surface area contributed by atoms with Crippen molar-refractivity contribution in [1.82, 2.24) is 9.88 Å². The Morgan fingerprint density at radius 2 is 1.96 bits per heavy atom. The van der Waals surface area contributed by atoms with Gasteiger partial charge in [-0.3, -0.25) is 9.59 Å². The van der Waals surface area contributed by atoms with Crippen molar-refractivity contribution in [1.29, 1.82) is 0 Å². The van der Waals surface area contributed by atoms with Crippen LogP contribution in [0.5, 0.6) is 5.75 Å². The summed E-state index contributed by atoms with van der Waals surface area (Å²) in [6.45, 7) is 0. The molecule has 1 heterocycles. The summed E-state index contributed by atoms with van der Waals surface area (Å²) in [5.74, 6) is -1.49. The minimum absolute atomic E-state index is 0.197. The van der Waals surface area contributed by atoms with Gasteiger partial charge in [0.15, 0.2) is 0 Å². The zero-order chi connectivity index (χ0) is 17.2. The summed E-state index contributed by atoms with van der Waals surface area (Å²) in [7, 11) is 1.62. The van der Waals surface area contributed by atoms with Gasteiger partial charge < -0.3 is 14.6 Å². The lowest BCUT2D eigenvalue weighted by Gasteiger charge is -2.30. The van der Waals surface area contributed by atoms with E-state index in [1.54, 1.807) is 13.2 Å². The van der Waals surface area contributed by atoms with E-state index in [2.05, 4.69) is 15.9 Å². The normalized spacial score (nSPS) is 21.8. The van der Waals surface area contributed by atoms with Gasteiger partial charge in [0.2, 0.25) is 0 Å². The summed E-state index contributed by atoms with van der Waals surface area (Å²) in [6, 6.07) is 0.859. The Morgan fingerprint density at radius 3 is 2.52 bits per heavy atom. The van der Waals surface area contributed by atoms with Gasteiger partial charge in [-0.1, -0.05) is 0 Å². The van der Waals surface area contributed by atoms with Crippen molar-refractivity contribution in [2.45, 2.75) is 44.0 Å². The fourth-order valence-corrected chi connectivity index (χ4v) is 2.96. The number of hydrogen-bond acceptors (Lipinski definition) is 3. The molecule has 5 nitrogen and oxygen atoms in total. The molecule has 9 heteroatoms. The van der Waals surface area contributed by atoms with Crippen LogP contribution in [-0.2, 0) is 11.8 Å². The average molecular weight is 397 g/mol. The van der Waals surface area contributed by atoms with Gasteiger partial charge in [0.05, 0.1) is 10.6 Å². The number of halogens is 4. The number of aromatic nitrogens is 1. The van der Waals surface area contributed by atoms with E-state index in [9.17, 15) is 22.8 Å². The monoisotopic (exact) mass is 396 g/mol. The first-order chi connectivity index (χ1) is 10.7. The highest BCUT2D eigenvalue weighted by Crippen LogP contribution is 2.28. The largest absolute Gasteiger partial charge is 0.489 e. The fraction of sp³-hybridized carbons (Fsp3) is 0.571. The summed E-state index contributed by atoms with van der Waals surface area (Å²) in [4.78, 5) is 22.5. The van der Waals surface area contributed by atoms with Crippen molar-refractivity contribution in [2.24, 2.45) is 7.05 Å². The molecular formula is C14H16BrF3N2O3. The first kappa shape index (κ1) is 17.8. The highest BCUT2D eigenvalue weighted by Gasteiger charge is 2.40. The molecule has 128 valence electrons. The molecule has 0 aromatic carbocycles. The Kier molecular flexibility index (Phi) is 5.38. The van der Waals surface area contributed by atoms with Crippen molar-refractivity contribution in [3.63, 3.8) is 0 Å². The summed E-state index contributed by atoms with van der Waals surface area (Å²) < 4.78 is 44.4. The molecule has 1 amide bonds. The standard InChI is InChI=1S/C14H16BrF3N2O3/c1-20-7-10(15)11(6-12(20)21)23-9-4-2-8(3-5-9)19-13(22)14(16,17)18/h6-9H,2-5H2,1H3,(H,19,22)/t8-,9-. The highest BCUT2D eigenvalue weighted by atomic mass is 79.9. The number of hydrogen-bond donors (Lipinski definition) is 1. The molecule has 0 spiro atoms. The van der Waals surface area contributed by atoms with Gasteiger partial charge in [-0.25, -0.2) is 0 Å². The summed E-state index contributed by atoms with van der Waals surface area (Å²) in [5.41, 5.74) is -0.214. The lowest BCUT2D eigenvalue weighted by molar-refractivity contribution is -0.174. The van der Waals surface area contributed by atoms with Crippen LogP contribution in [0.25, 0.3) is 0 Å². The van der Waals surface area contributed by atoms with Gasteiger partial charge in [-0.15, -0.1) is 0 Å². The van der Waals surface area contributed by atoms with E-state index in [-0.39, 0.29) is 11.7 Å². The van der Waals surface area contributed by atoms with Gasteiger partial charge in [0, 0.05) is 25.4 Å². The smallest absolute Gasteiger partial charge is 0.471 e. The maximum absolute atomic E-state index is 12.2. The maximum Gasteiger partial charge on any atom is 0.471 e. The third-order valence-electron chi connectivity index (χ3n) is 3.71. The molecule has 0 radical (unpaired) electrons. The molecule has 0 bridgehead atoms. The Hall–Kier alpha value is -1.51. The zero-order valence-electron chi connectivity index (χ0n) is 12.3. The first-order valence-corrected chi connectivity index (χ1v) is 7.86. The molecule has 1 aliphatic rings. The number of ether oxygens (including phenoxy) is 1. The number of aryl methyl sites for hydroxylation is 1. The molecule has 1 saturated carbocycles. The van der Waals surface area contributed by atoms with E-state index in [4.69, 9.17) is 4.74 Å². The number of amides is 1. The molecule has 1 aromatic heterocycles. The van der Waals surface area contributed by atoms with Gasteiger partial charge in [-0.2, -0.15) is 13.2 Å². The molecule has 2 rings (SSSR count). The second-order valence-electron chi connectivity index (χ2n) is 5.50. The third kappa shape index (κ3) is 4.73. The van der Waals surface area contributed by atoms with E-state index < -0.39 is 18.1 Å². The van der Waals surface area contributed by atoms with Crippen molar-refractivity contribution < 1.29 is 22.7 Å². The number of nitrogens with zero attached hydrogens (tertiary/aromatic N) is 1. The SMILES string of the molecule is Cn1cc(Br)c(O[C@H]2CC[C@H](NC(=O)C(F)(F)F)CC2)cc1=O. The Balaban J connectivity index is 1.89. The predicted octanol–water partition coefficient (Wildman–Crippen LogP) is 2.52. The predicted molar refractivity (Wildman–Crippen MR) is 80.3 cm³/mol. The van der Waals surface area contributed by atoms with Crippen molar-refractivity contribution in [3.05, 3.63) is 27.1 Å². The molecule has 0 saturated heterocycles. The molecule has 0 aliphatic heterocycles. The van der Waals surface area contributed by atoms with Crippen molar-refractivity contribution >= 4 is 21.8 Å². The number of rotatable bonds is 3. The van der Waals surface area contributed by atoms with Gasteiger partial charge in [0.1, 0.15) is 5.75 Å². The lowest BCUT2D eigenvalue weighted by Crippen LogP contribution is -2.45. The zero-order valence-corrected chi connectivity index (χ0v) is 13.9. The van der Waals surface area contributed by atoms with Crippen LogP contribution in [0.15, 0.2) is 21.5 Å². The van der Waals surface area contributed by atoms with Crippen LogP contribution in [0.3, 0.4) is 0 Å². The number of carbonyl (C=O) groups is 1. The molecule has 1 N–H and O–H groups in total. The van der Waals surface area contributed by atoms with E-state index in [1.165, 1.54) is 10.6 Å². The number of carbonyl (C=O) groups excluding carboxylic acids is 1. The van der Waals surface area contributed by atoms with Crippen molar-refractivity contribution in [3.8, 4) is 5.75 Å². The van der Waals surface area contributed by atoms with E-state index in [0.717, 1.165) is 0 Å². The fourth-order valence-electron chi connectivity index (χ4n) is 2.44. The molecule has 1 fully saturated rings. The lowest BCUT2D eigenvalue weighted by atomic mass is 9.93. The van der Waals surface area contributed by atoms with Gasteiger partial charge in [0.25, 0.3) is 5.56 Å². The number of pyridine rings is 1. The molecule has 1 aliphatic carbocycles. The second kappa shape index (κ2) is 6.94. The van der Waals surface area contributed by atoms with Crippen molar-refractivity contribution in [2.75, 3.05) is 0 Å². The second-order valence-corrected chi connectivity index (χ2v) is 6.35. The quantitative estimate of drug-likeness (QED) is 0.853. The Bertz CT molecular complexity index is 637. The van der Waals surface area contributed by atoms with Crippen LogP contribution in [0, 0.1) is 0 Å². The highest BCUT2D eigenvalue weighted by molar-refractivity contribution is 9.10. The van der Waals surface area contributed by atoms with E-state index >= 15 is 0 Å². The van der Waals surface area contributed by atoms with Gasteiger partial charge >= 0.3 is 12.1 Å². The average Bonchev–Trinajstić information content (AvgIpc) is 2.45. The summed E-state index contributed by atoms with van der Waals surface area (Å²) in [6.07, 6.45) is -1.66. The van der Waals surface area contributed by atoms with Crippen LogP contribution < -0.4 is 15.6 Å². The third-order valence-corrected chi connectivity index (χ3v) is 4.30. The maximum atomic E-state index is 12.2. The van der Waals surface area contributed by atoms with E-state index in [0.29, 0.717) is 35.9 Å². The summed E-state index contributed by atoms with van der Waals surface area (Å²) in [5, 5.41) is 1.99. The number of nitrogens with one attached hydrogen (secondary N) is 1. The molecule has 0 unspecified atom stereocenters. The van der Waals surface area contributed by atoms with E-state index in [1.807, 2.05) is 5.32 Å².